The molecule has 7 nitrogen and oxygen atoms in total. The van der Waals surface area contributed by atoms with Gasteiger partial charge in [-0.05, 0) is 24.3 Å². The smallest absolute Gasteiger partial charge is 0.251 e. The van der Waals surface area contributed by atoms with Crippen molar-refractivity contribution < 1.29 is 9.32 Å². The number of nitrogens with one attached hydrogen (secondary N) is 1. The second-order valence-electron chi connectivity index (χ2n) is 5.32. The molecule has 4 rings (SSSR count). The summed E-state index contributed by atoms with van der Waals surface area (Å²) in [5.74, 6) is 0.326. The van der Waals surface area contributed by atoms with Gasteiger partial charge in [0.05, 0.1) is 11.6 Å². The molecule has 0 unspecified atom stereocenters. The Kier molecular flexibility index (Phi) is 3.91. The van der Waals surface area contributed by atoms with Gasteiger partial charge in [0.1, 0.15) is 12.0 Å². The fraction of sp³-hybridized carbons (Fsp3) is 0.0588. The van der Waals surface area contributed by atoms with Crippen LogP contribution in [-0.4, -0.2) is 25.7 Å². The molecule has 1 amide bonds. The quantitative estimate of drug-likeness (QED) is 0.609. The first-order valence-corrected chi connectivity index (χ1v) is 7.86. The molecule has 0 spiro atoms. The van der Waals surface area contributed by atoms with Crippen molar-refractivity contribution in [1.29, 1.82) is 0 Å². The molecule has 4 aromatic rings. The second kappa shape index (κ2) is 6.37. The van der Waals surface area contributed by atoms with E-state index in [2.05, 4.69) is 20.6 Å². The van der Waals surface area contributed by atoms with Crippen LogP contribution in [0.15, 0.2) is 59.5 Å². The van der Waals surface area contributed by atoms with Crippen LogP contribution in [0.5, 0.6) is 0 Å². The molecule has 0 aliphatic rings. The Labute approximate surface area is 147 Å². The molecule has 124 valence electrons. The van der Waals surface area contributed by atoms with E-state index in [1.807, 2.05) is 18.2 Å². The van der Waals surface area contributed by atoms with Crippen molar-refractivity contribution in [1.82, 2.24) is 25.1 Å². The Bertz CT molecular complexity index is 1060. The minimum Gasteiger partial charge on any atom is -0.356 e. The van der Waals surface area contributed by atoms with Gasteiger partial charge in [-0.25, -0.2) is 9.50 Å². The number of rotatable bonds is 4. The van der Waals surface area contributed by atoms with E-state index in [0.717, 1.165) is 5.56 Å². The van der Waals surface area contributed by atoms with Crippen molar-refractivity contribution in [3.05, 3.63) is 71.3 Å². The van der Waals surface area contributed by atoms with Crippen molar-refractivity contribution >= 4 is 23.2 Å². The predicted molar refractivity (Wildman–Crippen MR) is 91.1 cm³/mol. The summed E-state index contributed by atoms with van der Waals surface area (Å²) in [4.78, 5) is 16.3. The van der Waals surface area contributed by atoms with Crippen molar-refractivity contribution in [2.45, 2.75) is 6.54 Å². The molecule has 0 aliphatic carbocycles. The van der Waals surface area contributed by atoms with Gasteiger partial charge in [0.2, 0.25) is 0 Å². The van der Waals surface area contributed by atoms with Crippen LogP contribution in [0.4, 0.5) is 0 Å². The maximum atomic E-state index is 12.3. The van der Waals surface area contributed by atoms with E-state index in [-0.39, 0.29) is 12.5 Å². The van der Waals surface area contributed by atoms with Gasteiger partial charge in [-0.1, -0.05) is 28.9 Å². The second-order valence-corrected chi connectivity index (χ2v) is 5.73. The molecule has 0 aliphatic heterocycles. The highest BCUT2D eigenvalue weighted by Crippen LogP contribution is 2.27. The van der Waals surface area contributed by atoms with Gasteiger partial charge < -0.3 is 9.84 Å². The number of pyridine rings is 1. The zero-order valence-electron chi connectivity index (χ0n) is 12.9. The van der Waals surface area contributed by atoms with Crippen molar-refractivity contribution in [3.8, 4) is 11.3 Å². The van der Waals surface area contributed by atoms with Crippen LogP contribution in [0.3, 0.4) is 0 Å². The summed E-state index contributed by atoms with van der Waals surface area (Å²) in [7, 11) is 0. The number of halogens is 1. The first-order chi connectivity index (χ1) is 12.2. The van der Waals surface area contributed by atoms with E-state index in [0.29, 0.717) is 27.7 Å². The van der Waals surface area contributed by atoms with E-state index < -0.39 is 0 Å². The van der Waals surface area contributed by atoms with Crippen LogP contribution in [0.2, 0.25) is 5.02 Å². The Hall–Kier alpha value is -3.19. The molecule has 3 aromatic heterocycles. The lowest BCUT2D eigenvalue weighted by atomic mass is 10.1. The van der Waals surface area contributed by atoms with Crippen molar-refractivity contribution in [2.75, 3.05) is 0 Å². The molecule has 1 aromatic carbocycles. The summed E-state index contributed by atoms with van der Waals surface area (Å²) >= 11 is 6.14. The average molecular weight is 354 g/mol. The highest BCUT2D eigenvalue weighted by molar-refractivity contribution is 6.33. The van der Waals surface area contributed by atoms with E-state index in [1.54, 1.807) is 35.0 Å². The number of carbonyl (C=O) groups is 1. The van der Waals surface area contributed by atoms with E-state index in [1.165, 1.54) is 6.33 Å². The van der Waals surface area contributed by atoms with Crippen LogP contribution in [0.1, 0.15) is 16.1 Å². The van der Waals surface area contributed by atoms with E-state index in [4.69, 9.17) is 16.1 Å². The summed E-state index contributed by atoms with van der Waals surface area (Å²) in [6.45, 7) is 0.241. The Morgan fingerprint density at radius 2 is 2.12 bits per heavy atom. The molecular formula is C17H12ClN5O2. The number of benzene rings is 1. The number of nitrogens with zero attached hydrogens (tertiary/aromatic N) is 4. The number of fused-ring (bicyclic) bond motifs is 1. The summed E-state index contributed by atoms with van der Waals surface area (Å²) in [6, 6.07) is 12.4. The minimum atomic E-state index is -0.229. The van der Waals surface area contributed by atoms with Crippen LogP contribution in [-0.2, 0) is 6.54 Å². The number of amides is 1. The molecule has 0 saturated heterocycles. The van der Waals surface area contributed by atoms with Gasteiger partial charge in [-0.15, -0.1) is 0 Å². The summed E-state index contributed by atoms with van der Waals surface area (Å²) in [5.41, 5.74) is 2.46. The van der Waals surface area contributed by atoms with Gasteiger partial charge in [0.15, 0.2) is 11.4 Å². The first-order valence-electron chi connectivity index (χ1n) is 7.49. The first kappa shape index (κ1) is 15.3. The third-order valence-corrected chi connectivity index (χ3v) is 4.00. The van der Waals surface area contributed by atoms with Gasteiger partial charge in [-0.2, -0.15) is 5.10 Å². The van der Waals surface area contributed by atoms with Gasteiger partial charge in [0, 0.05) is 23.4 Å². The van der Waals surface area contributed by atoms with Crippen molar-refractivity contribution in [2.24, 2.45) is 0 Å². The van der Waals surface area contributed by atoms with Crippen molar-refractivity contribution in [3.63, 3.8) is 0 Å². The minimum absolute atomic E-state index is 0.229. The molecule has 0 saturated carbocycles. The summed E-state index contributed by atoms with van der Waals surface area (Å²) in [6.07, 6.45) is 3.12. The maximum absolute atomic E-state index is 12.3. The number of hydrogen-bond acceptors (Lipinski definition) is 5. The standard InChI is InChI=1S/C17H12ClN5O2/c18-14-4-2-1-3-13(14)15-8-12(22-25-15)9-19-17(24)11-5-6-23-16(7-11)20-10-21-23/h1-8,10H,9H2,(H,19,24). The largest absolute Gasteiger partial charge is 0.356 e. The molecule has 3 heterocycles. The van der Waals surface area contributed by atoms with Crippen LogP contribution >= 0.6 is 11.6 Å². The summed E-state index contributed by atoms with van der Waals surface area (Å²) in [5, 5.41) is 11.3. The Balaban J connectivity index is 1.46. The zero-order chi connectivity index (χ0) is 17.2. The Morgan fingerprint density at radius 3 is 3.00 bits per heavy atom. The number of carbonyl (C=O) groups excluding carboxylic acids is 1. The predicted octanol–water partition coefficient (Wildman–Crippen LogP) is 2.97. The highest BCUT2D eigenvalue weighted by atomic mass is 35.5. The molecule has 0 atom stereocenters. The van der Waals surface area contributed by atoms with Crippen LogP contribution in [0, 0.1) is 0 Å². The van der Waals surface area contributed by atoms with E-state index >= 15 is 0 Å². The molecular weight excluding hydrogens is 342 g/mol. The van der Waals surface area contributed by atoms with Crippen LogP contribution in [0.25, 0.3) is 17.0 Å². The van der Waals surface area contributed by atoms with Gasteiger partial charge in [0.25, 0.3) is 5.91 Å². The number of hydrogen-bond donors (Lipinski definition) is 1. The topological polar surface area (TPSA) is 85.3 Å². The maximum Gasteiger partial charge on any atom is 0.251 e. The molecule has 0 fully saturated rings. The molecule has 0 radical (unpaired) electrons. The molecule has 8 heteroatoms. The summed E-state index contributed by atoms with van der Waals surface area (Å²) < 4.78 is 6.90. The molecule has 1 N–H and O–H groups in total. The lowest BCUT2D eigenvalue weighted by molar-refractivity contribution is 0.0950. The monoisotopic (exact) mass is 353 g/mol. The van der Waals surface area contributed by atoms with E-state index in [9.17, 15) is 4.79 Å². The lowest BCUT2D eigenvalue weighted by Crippen LogP contribution is -2.23. The average Bonchev–Trinajstić information content (AvgIpc) is 3.28. The van der Waals surface area contributed by atoms with Gasteiger partial charge in [-0.3, -0.25) is 4.79 Å². The fourth-order valence-electron chi connectivity index (χ4n) is 2.41. The zero-order valence-corrected chi connectivity index (χ0v) is 13.6. The fourth-order valence-corrected chi connectivity index (χ4v) is 2.64. The highest BCUT2D eigenvalue weighted by Gasteiger charge is 2.12. The SMILES string of the molecule is O=C(NCc1cc(-c2ccccc2Cl)on1)c1ccn2ncnc2c1. The third-order valence-electron chi connectivity index (χ3n) is 3.67. The van der Waals surface area contributed by atoms with Crippen LogP contribution < -0.4 is 5.32 Å². The normalized spacial score (nSPS) is 10.9. The van der Waals surface area contributed by atoms with Gasteiger partial charge >= 0.3 is 0 Å². The number of aromatic nitrogens is 4. The third kappa shape index (κ3) is 3.09. The lowest BCUT2D eigenvalue weighted by Gasteiger charge is -2.03. The Morgan fingerprint density at radius 1 is 1.24 bits per heavy atom. The molecule has 0 bridgehead atoms. The molecule has 25 heavy (non-hydrogen) atoms.